The molecule has 0 saturated heterocycles. The molecule has 0 aromatic heterocycles. The van der Waals surface area contributed by atoms with E-state index >= 15 is 0 Å². The average molecular weight is 319 g/mol. The van der Waals surface area contributed by atoms with E-state index in [1.54, 1.807) is 31.4 Å². The molecule has 2 rings (SSSR count). The van der Waals surface area contributed by atoms with Crippen molar-refractivity contribution in [3.8, 4) is 0 Å². The van der Waals surface area contributed by atoms with Crippen LogP contribution in [0.5, 0.6) is 0 Å². The number of rotatable bonds is 7. The number of carbonyl (C=O) groups is 3. The SMILES string of the molecule is COCCCNC(=O)CCC1NC(=O)c2ccccc2NC1=O. The van der Waals surface area contributed by atoms with Gasteiger partial charge in [0.15, 0.2) is 0 Å². The molecule has 23 heavy (non-hydrogen) atoms. The van der Waals surface area contributed by atoms with Gasteiger partial charge in [-0.15, -0.1) is 0 Å². The third kappa shape index (κ3) is 4.79. The molecule has 1 atom stereocenters. The predicted octanol–water partition coefficient (Wildman–Crippen LogP) is 0.670. The van der Waals surface area contributed by atoms with Gasteiger partial charge in [0.25, 0.3) is 5.91 Å². The Bertz CT molecular complexity index is 588. The first-order valence-corrected chi connectivity index (χ1v) is 7.58. The van der Waals surface area contributed by atoms with Gasteiger partial charge in [-0.25, -0.2) is 0 Å². The molecule has 7 heteroatoms. The number of nitrogens with one attached hydrogen (secondary N) is 3. The van der Waals surface area contributed by atoms with E-state index in [0.717, 1.165) is 6.42 Å². The first-order valence-electron chi connectivity index (χ1n) is 7.58. The molecular weight excluding hydrogens is 298 g/mol. The Kier molecular flexibility index (Phi) is 6.10. The third-order valence-corrected chi connectivity index (χ3v) is 3.56. The van der Waals surface area contributed by atoms with Crippen LogP contribution >= 0.6 is 0 Å². The van der Waals surface area contributed by atoms with Crippen LogP contribution < -0.4 is 16.0 Å². The Morgan fingerprint density at radius 1 is 1.30 bits per heavy atom. The van der Waals surface area contributed by atoms with Crippen molar-refractivity contribution in [2.45, 2.75) is 25.3 Å². The number of hydrogen-bond acceptors (Lipinski definition) is 4. The topological polar surface area (TPSA) is 96.5 Å². The quantitative estimate of drug-likeness (QED) is 0.644. The van der Waals surface area contributed by atoms with E-state index in [-0.39, 0.29) is 30.6 Å². The summed E-state index contributed by atoms with van der Waals surface area (Å²) < 4.78 is 4.90. The zero-order chi connectivity index (χ0) is 16.7. The lowest BCUT2D eigenvalue weighted by Gasteiger charge is -2.14. The van der Waals surface area contributed by atoms with E-state index in [4.69, 9.17) is 4.74 Å². The fourth-order valence-corrected chi connectivity index (χ4v) is 2.32. The van der Waals surface area contributed by atoms with Crippen LogP contribution in [-0.2, 0) is 14.3 Å². The van der Waals surface area contributed by atoms with Crippen molar-refractivity contribution in [3.63, 3.8) is 0 Å². The molecule has 0 saturated carbocycles. The number of fused-ring (bicyclic) bond motifs is 1. The van der Waals surface area contributed by atoms with Crippen LogP contribution in [0, 0.1) is 0 Å². The molecule has 1 aliphatic heterocycles. The van der Waals surface area contributed by atoms with Crippen LogP contribution in [0.2, 0.25) is 0 Å². The summed E-state index contributed by atoms with van der Waals surface area (Å²) in [5, 5.41) is 8.13. The maximum atomic E-state index is 12.2. The lowest BCUT2D eigenvalue weighted by atomic mass is 10.1. The van der Waals surface area contributed by atoms with E-state index in [1.807, 2.05) is 0 Å². The second kappa shape index (κ2) is 8.28. The molecule has 1 unspecified atom stereocenters. The lowest BCUT2D eigenvalue weighted by Crippen LogP contribution is -2.42. The number of anilines is 1. The zero-order valence-electron chi connectivity index (χ0n) is 13.1. The smallest absolute Gasteiger partial charge is 0.254 e. The molecule has 1 aliphatic rings. The normalized spacial score (nSPS) is 16.8. The molecular formula is C16H21N3O4. The number of amides is 3. The zero-order valence-corrected chi connectivity index (χ0v) is 13.1. The molecule has 3 N–H and O–H groups in total. The van der Waals surface area contributed by atoms with Crippen molar-refractivity contribution >= 4 is 23.4 Å². The summed E-state index contributed by atoms with van der Waals surface area (Å²) in [6.07, 6.45) is 1.15. The summed E-state index contributed by atoms with van der Waals surface area (Å²) in [4.78, 5) is 36.0. The van der Waals surface area contributed by atoms with Gasteiger partial charge in [-0.05, 0) is 25.0 Å². The van der Waals surface area contributed by atoms with Crippen molar-refractivity contribution in [1.82, 2.24) is 10.6 Å². The fourth-order valence-electron chi connectivity index (χ4n) is 2.32. The van der Waals surface area contributed by atoms with Crippen LogP contribution in [0.15, 0.2) is 24.3 Å². The van der Waals surface area contributed by atoms with Gasteiger partial charge in [-0.1, -0.05) is 12.1 Å². The number of para-hydroxylation sites is 1. The number of ether oxygens (including phenoxy) is 1. The number of hydrogen-bond donors (Lipinski definition) is 3. The van der Waals surface area contributed by atoms with E-state index in [1.165, 1.54) is 0 Å². The van der Waals surface area contributed by atoms with Crippen LogP contribution in [-0.4, -0.2) is 44.0 Å². The van der Waals surface area contributed by atoms with Gasteiger partial charge < -0.3 is 20.7 Å². The second-order valence-corrected chi connectivity index (χ2v) is 5.30. The fraction of sp³-hybridized carbons (Fsp3) is 0.438. The maximum Gasteiger partial charge on any atom is 0.254 e. The monoisotopic (exact) mass is 319 g/mol. The maximum absolute atomic E-state index is 12.2. The van der Waals surface area contributed by atoms with Gasteiger partial charge in [-0.2, -0.15) is 0 Å². The van der Waals surface area contributed by atoms with Crippen molar-refractivity contribution in [2.24, 2.45) is 0 Å². The Hall–Kier alpha value is -2.41. The highest BCUT2D eigenvalue weighted by atomic mass is 16.5. The van der Waals surface area contributed by atoms with Gasteiger partial charge in [0.1, 0.15) is 6.04 Å². The Morgan fingerprint density at radius 2 is 2.09 bits per heavy atom. The minimum atomic E-state index is -0.723. The van der Waals surface area contributed by atoms with Crippen molar-refractivity contribution in [2.75, 3.05) is 25.6 Å². The van der Waals surface area contributed by atoms with Gasteiger partial charge >= 0.3 is 0 Å². The molecule has 0 spiro atoms. The van der Waals surface area contributed by atoms with Gasteiger partial charge in [0.2, 0.25) is 11.8 Å². The molecule has 3 amide bonds. The lowest BCUT2D eigenvalue weighted by molar-refractivity contribution is -0.121. The molecule has 0 radical (unpaired) electrons. The van der Waals surface area contributed by atoms with Crippen molar-refractivity contribution in [3.05, 3.63) is 29.8 Å². The first kappa shape index (κ1) is 17.0. The first-order chi connectivity index (χ1) is 11.1. The molecule has 0 bridgehead atoms. The largest absolute Gasteiger partial charge is 0.385 e. The summed E-state index contributed by atoms with van der Waals surface area (Å²) in [6.45, 7) is 1.11. The van der Waals surface area contributed by atoms with E-state index in [0.29, 0.717) is 24.4 Å². The van der Waals surface area contributed by atoms with Gasteiger partial charge in [-0.3, -0.25) is 14.4 Å². The van der Waals surface area contributed by atoms with E-state index < -0.39 is 6.04 Å². The molecule has 0 aliphatic carbocycles. The standard InChI is InChI=1S/C16H21N3O4/c1-23-10-4-9-17-14(20)8-7-13-16(22)18-12-6-3-2-5-11(12)15(21)19-13/h2-3,5-6,13H,4,7-10H2,1H3,(H,17,20)(H,18,22)(H,19,21). The van der Waals surface area contributed by atoms with Gasteiger partial charge in [0.05, 0.1) is 11.3 Å². The minimum Gasteiger partial charge on any atom is -0.385 e. The molecule has 0 fully saturated rings. The Labute approximate surface area is 134 Å². The van der Waals surface area contributed by atoms with Gasteiger partial charge in [0, 0.05) is 26.7 Å². The molecule has 1 aromatic carbocycles. The summed E-state index contributed by atoms with van der Waals surface area (Å²) in [5.74, 6) is -0.773. The molecule has 124 valence electrons. The summed E-state index contributed by atoms with van der Waals surface area (Å²) in [7, 11) is 1.60. The molecule has 1 heterocycles. The Morgan fingerprint density at radius 3 is 2.87 bits per heavy atom. The van der Waals surface area contributed by atoms with Crippen LogP contribution in [0.4, 0.5) is 5.69 Å². The predicted molar refractivity (Wildman–Crippen MR) is 85.1 cm³/mol. The third-order valence-electron chi connectivity index (χ3n) is 3.56. The van der Waals surface area contributed by atoms with Crippen LogP contribution in [0.1, 0.15) is 29.6 Å². The molecule has 1 aromatic rings. The van der Waals surface area contributed by atoms with Crippen molar-refractivity contribution < 1.29 is 19.1 Å². The molecule has 7 nitrogen and oxygen atoms in total. The highest BCUT2D eigenvalue weighted by Crippen LogP contribution is 2.19. The summed E-state index contributed by atoms with van der Waals surface area (Å²) >= 11 is 0. The van der Waals surface area contributed by atoms with Crippen LogP contribution in [0.3, 0.4) is 0 Å². The summed E-state index contributed by atoms with van der Waals surface area (Å²) in [5.41, 5.74) is 0.911. The average Bonchev–Trinajstić information content (AvgIpc) is 2.66. The van der Waals surface area contributed by atoms with E-state index in [9.17, 15) is 14.4 Å². The number of carbonyl (C=O) groups excluding carboxylic acids is 3. The van der Waals surface area contributed by atoms with Crippen molar-refractivity contribution in [1.29, 1.82) is 0 Å². The van der Waals surface area contributed by atoms with E-state index in [2.05, 4.69) is 16.0 Å². The summed E-state index contributed by atoms with van der Waals surface area (Å²) in [6, 6.07) is 6.09. The highest BCUT2D eigenvalue weighted by molar-refractivity contribution is 6.09. The number of methoxy groups -OCH3 is 1. The minimum absolute atomic E-state index is 0.148. The number of benzene rings is 1. The second-order valence-electron chi connectivity index (χ2n) is 5.30. The Balaban J connectivity index is 1.86. The highest BCUT2D eigenvalue weighted by Gasteiger charge is 2.27. The van der Waals surface area contributed by atoms with Crippen LogP contribution in [0.25, 0.3) is 0 Å².